The van der Waals surface area contributed by atoms with E-state index in [2.05, 4.69) is 10.6 Å². The molecule has 0 spiro atoms. The second kappa shape index (κ2) is 5.06. The molecule has 5 nitrogen and oxygen atoms in total. The summed E-state index contributed by atoms with van der Waals surface area (Å²) in [5, 5.41) is 6.08. The number of urea groups is 1. The van der Waals surface area contributed by atoms with E-state index in [0.717, 1.165) is 30.0 Å². The number of nitrogens with zero attached hydrogens (tertiary/aromatic N) is 1. The Labute approximate surface area is 111 Å². The largest absolute Gasteiger partial charge is 0.472 e. The van der Waals surface area contributed by atoms with Crippen LogP contribution >= 0.6 is 0 Å². The van der Waals surface area contributed by atoms with Crippen molar-refractivity contribution in [3.63, 3.8) is 0 Å². The van der Waals surface area contributed by atoms with Crippen molar-refractivity contribution in [3.8, 4) is 0 Å². The van der Waals surface area contributed by atoms with E-state index in [1.54, 1.807) is 17.4 Å². The minimum Gasteiger partial charge on any atom is -0.472 e. The lowest BCUT2D eigenvalue weighted by molar-refractivity contribution is 0.252. The predicted molar refractivity (Wildman–Crippen MR) is 73.2 cm³/mol. The van der Waals surface area contributed by atoms with Crippen molar-refractivity contribution >= 4 is 17.4 Å². The van der Waals surface area contributed by atoms with Gasteiger partial charge < -0.3 is 15.1 Å². The van der Waals surface area contributed by atoms with Crippen LogP contribution in [0, 0.1) is 0 Å². The molecule has 2 N–H and O–H groups in total. The smallest absolute Gasteiger partial charge is 0.321 e. The summed E-state index contributed by atoms with van der Waals surface area (Å²) in [6.45, 7) is 2.15. The summed E-state index contributed by atoms with van der Waals surface area (Å²) in [6.07, 6.45) is 3.38. The fraction of sp³-hybridized carbons (Fsp3) is 0.214. The first-order valence-electron chi connectivity index (χ1n) is 6.23. The lowest BCUT2D eigenvalue weighted by Gasteiger charge is -2.14. The number of rotatable bonds is 4. The molecule has 5 heteroatoms. The number of amides is 2. The van der Waals surface area contributed by atoms with Crippen molar-refractivity contribution in [2.45, 2.75) is 6.54 Å². The number of furan rings is 1. The van der Waals surface area contributed by atoms with Crippen LogP contribution in [0.5, 0.6) is 0 Å². The topological polar surface area (TPSA) is 57.5 Å². The maximum Gasteiger partial charge on any atom is 0.321 e. The van der Waals surface area contributed by atoms with Gasteiger partial charge in [-0.25, -0.2) is 4.79 Å². The Morgan fingerprint density at radius 3 is 2.74 bits per heavy atom. The van der Waals surface area contributed by atoms with Crippen LogP contribution in [0.25, 0.3) is 0 Å². The van der Waals surface area contributed by atoms with Crippen molar-refractivity contribution in [2.24, 2.45) is 0 Å². The van der Waals surface area contributed by atoms with Gasteiger partial charge in [0, 0.05) is 36.6 Å². The Bertz CT molecular complexity index is 549. The molecule has 0 atom stereocenters. The molecule has 0 aliphatic carbocycles. The van der Waals surface area contributed by atoms with Gasteiger partial charge in [0.2, 0.25) is 0 Å². The molecule has 0 unspecified atom stereocenters. The van der Waals surface area contributed by atoms with Gasteiger partial charge in [-0.1, -0.05) is 0 Å². The first-order chi connectivity index (χ1) is 9.33. The Morgan fingerprint density at radius 2 is 2.11 bits per heavy atom. The predicted octanol–water partition coefficient (Wildman–Crippen LogP) is 2.42. The minimum atomic E-state index is -0.0286. The Kier molecular flexibility index (Phi) is 3.10. The minimum absolute atomic E-state index is 0.0286. The Hall–Kier alpha value is -2.43. The van der Waals surface area contributed by atoms with Crippen LogP contribution in [0.3, 0.4) is 0 Å². The lowest BCUT2D eigenvalue weighted by atomic mass is 10.2. The molecular weight excluding hydrogens is 242 g/mol. The molecule has 19 heavy (non-hydrogen) atoms. The van der Waals surface area contributed by atoms with Crippen molar-refractivity contribution in [2.75, 3.05) is 23.3 Å². The quantitative estimate of drug-likeness (QED) is 0.884. The highest BCUT2D eigenvalue weighted by Gasteiger charge is 2.20. The van der Waals surface area contributed by atoms with Crippen LogP contribution in [-0.2, 0) is 6.54 Å². The summed E-state index contributed by atoms with van der Waals surface area (Å²) in [5.74, 6) is 0. The van der Waals surface area contributed by atoms with Crippen LogP contribution in [0.2, 0.25) is 0 Å². The first-order valence-corrected chi connectivity index (χ1v) is 6.23. The lowest BCUT2D eigenvalue weighted by Crippen LogP contribution is -2.27. The summed E-state index contributed by atoms with van der Waals surface area (Å²) >= 11 is 0. The molecule has 3 rings (SSSR count). The number of hydrogen-bond donors (Lipinski definition) is 2. The second-order valence-corrected chi connectivity index (χ2v) is 4.42. The molecule has 1 saturated heterocycles. The molecule has 1 aromatic carbocycles. The van der Waals surface area contributed by atoms with Crippen LogP contribution in [-0.4, -0.2) is 19.1 Å². The van der Waals surface area contributed by atoms with Gasteiger partial charge >= 0.3 is 6.03 Å². The highest BCUT2D eigenvalue weighted by molar-refractivity contribution is 5.94. The SMILES string of the molecule is O=C1NCCN1c1ccc(NCc2ccoc2)cc1. The molecule has 98 valence electrons. The molecule has 1 aliphatic heterocycles. The number of anilines is 2. The van der Waals surface area contributed by atoms with E-state index in [4.69, 9.17) is 4.42 Å². The Balaban J connectivity index is 1.64. The summed E-state index contributed by atoms with van der Waals surface area (Å²) < 4.78 is 5.01. The van der Waals surface area contributed by atoms with Gasteiger partial charge in [0.15, 0.2) is 0 Å². The molecular formula is C14H15N3O2. The van der Waals surface area contributed by atoms with E-state index in [9.17, 15) is 4.79 Å². The van der Waals surface area contributed by atoms with E-state index >= 15 is 0 Å². The van der Waals surface area contributed by atoms with E-state index in [1.165, 1.54) is 0 Å². The van der Waals surface area contributed by atoms with E-state index < -0.39 is 0 Å². The summed E-state index contributed by atoms with van der Waals surface area (Å²) in [5.41, 5.74) is 3.04. The molecule has 0 saturated carbocycles. The van der Waals surface area contributed by atoms with Crippen molar-refractivity contribution < 1.29 is 9.21 Å². The number of benzene rings is 1. The van der Waals surface area contributed by atoms with Crippen LogP contribution < -0.4 is 15.5 Å². The maximum atomic E-state index is 11.5. The molecule has 2 aromatic rings. The summed E-state index contributed by atoms with van der Waals surface area (Å²) in [4.78, 5) is 13.3. The molecule has 0 radical (unpaired) electrons. The third-order valence-corrected chi connectivity index (χ3v) is 3.11. The monoisotopic (exact) mass is 257 g/mol. The highest BCUT2D eigenvalue weighted by atomic mass is 16.3. The van der Waals surface area contributed by atoms with Crippen LogP contribution in [0.1, 0.15) is 5.56 Å². The fourth-order valence-electron chi connectivity index (χ4n) is 2.07. The molecule has 0 bridgehead atoms. The second-order valence-electron chi connectivity index (χ2n) is 4.42. The number of hydrogen-bond acceptors (Lipinski definition) is 3. The third-order valence-electron chi connectivity index (χ3n) is 3.11. The van der Waals surface area contributed by atoms with Crippen molar-refractivity contribution in [1.29, 1.82) is 0 Å². The van der Waals surface area contributed by atoms with Crippen molar-refractivity contribution in [3.05, 3.63) is 48.4 Å². The standard InChI is InChI=1S/C14H15N3O2/c18-14-15-6-7-17(14)13-3-1-12(2-4-13)16-9-11-5-8-19-10-11/h1-5,8,10,16H,6-7,9H2,(H,15,18). The molecule has 1 aliphatic rings. The summed E-state index contributed by atoms with van der Waals surface area (Å²) in [6, 6.07) is 9.74. The normalized spacial score (nSPS) is 14.5. The van der Waals surface area contributed by atoms with Crippen LogP contribution in [0.4, 0.5) is 16.2 Å². The van der Waals surface area contributed by atoms with Gasteiger partial charge in [-0.15, -0.1) is 0 Å². The van der Waals surface area contributed by atoms with Crippen molar-refractivity contribution in [1.82, 2.24) is 5.32 Å². The van der Waals surface area contributed by atoms with Gasteiger partial charge in [-0.2, -0.15) is 0 Å². The Morgan fingerprint density at radius 1 is 1.26 bits per heavy atom. The highest BCUT2D eigenvalue weighted by Crippen LogP contribution is 2.19. The van der Waals surface area contributed by atoms with Gasteiger partial charge in [-0.3, -0.25) is 4.90 Å². The van der Waals surface area contributed by atoms with Gasteiger partial charge in [-0.05, 0) is 30.3 Å². The number of carbonyl (C=O) groups is 1. The maximum absolute atomic E-state index is 11.5. The zero-order valence-corrected chi connectivity index (χ0v) is 10.4. The van der Waals surface area contributed by atoms with E-state index in [1.807, 2.05) is 30.3 Å². The van der Waals surface area contributed by atoms with E-state index in [0.29, 0.717) is 6.54 Å². The third kappa shape index (κ3) is 2.54. The average Bonchev–Trinajstić information content (AvgIpc) is 3.08. The molecule has 2 heterocycles. The van der Waals surface area contributed by atoms with Gasteiger partial charge in [0.05, 0.1) is 12.5 Å². The molecule has 2 amide bonds. The molecule has 1 aromatic heterocycles. The zero-order chi connectivity index (χ0) is 13.1. The number of carbonyl (C=O) groups excluding carboxylic acids is 1. The zero-order valence-electron chi connectivity index (χ0n) is 10.4. The molecule has 1 fully saturated rings. The average molecular weight is 257 g/mol. The first kappa shape index (κ1) is 11.6. The van der Waals surface area contributed by atoms with Crippen LogP contribution in [0.15, 0.2) is 47.3 Å². The fourth-order valence-corrected chi connectivity index (χ4v) is 2.07. The number of nitrogens with one attached hydrogen (secondary N) is 2. The van der Waals surface area contributed by atoms with E-state index in [-0.39, 0.29) is 6.03 Å². The van der Waals surface area contributed by atoms with Gasteiger partial charge in [0.25, 0.3) is 0 Å². The summed E-state index contributed by atoms with van der Waals surface area (Å²) in [7, 11) is 0. The van der Waals surface area contributed by atoms with Gasteiger partial charge in [0.1, 0.15) is 0 Å².